The zero-order valence-corrected chi connectivity index (χ0v) is 9.99. The molecule has 3 rings (SSSR count). The van der Waals surface area contributed by atoms with Crippen molar-refractivity contribution in [3.8, 4) is 0 Å². The summed E-state index contributed by atoms with van der Waals surface area (Å²) in [5, 5.41) is 3.97. The van der Waals surface area contributed by atoms with Crippen molar-refractivity contribution in [2.75, 3.05) is 5.75 Å². The molecule has 1 aliphatic carbocycles. The van der Waals surface area contributed by atoms with Crippen molar-refractivity contribution in [1.29, 1.82) is 0 Å². The first kappa shape index (κ1) is 10.3. The van der Waals surface area contributed by atoms with Crippen molar-refractivity contribution in [3.05, 3.63) is 18.0 Å². The molecule has 1 atom stereocenters. The monoisotopic (exact) mass is 240 g/mol. The Bertz CT molecular complexity index is 488. The number of hydrogen-bond donors (Lipinski definition) is 0. The molecule has 16 heavy (non-hydrogen) atoms. The molecule has 4 nitrogen and oxygen atoms in total. The second-order valence-corrected chi connectivity index (χ2v) is 7.14. The summed E-state index contributed by atoms with van der Waals surface area (Å²) in [4.78, 5) is 0. The van der Waals surface area contributed by atoms with E-state index in [1.165, 1.54) is 12.8 Å². The van der Waals surface area contributed by atoms with Gasteiger partial charge in [-0.3, -0.25) is 4.68 Å². The third kappa shape index (κ3) is 1.77. The number of rotatable bonds is 2. The summed E-state index contributed by atoms with van der Waals surface area (Å²) in [6.07, 6.45) is 8.63. The summed E-state index contributed by atoms with van der Waals surface area (Å²) >= 11 is 0. The maximum Gasteiger partial charge on any atom is 0.157 e. The molecule has 2 fully saturated rings. The van der Waals surface area contributed by atoms with Crippen LogP contribution in [-0.2, 0) is 9.84 Å². The van der Waals surface area contributed by atoms with E-state index in [1.54, 1.807) is 6.20 Å². The third-order valence-corrected chi connectivity index (χ3v) is 5.73. The highest BCUT2D eigenvalue weighted by Gasteiger charge is 2.32. The van der Waals surface area contributed by atoms with Gasteiger partial charge in [0, 0.05) is 11.8 Å². The summed E-state index contributed by atoms with van der Waals surface area (Å²) in [5.41, 5.74) is 0.895. The van der Waals surface area contributed by atoms with Crippen LogP contribution in [0.25, 0.3) is 0 Å². The Kier molecular flexibility index (Phi) is 2.31. The van der Waals surface area contributed by atoms with Crippen LogP contribution >= 0.6 is 0 Å². The Morgan fingerprint density at radius 3 is 2.75 bits per heavy atom. The predicted molar refractivity (Wildman–Crippen MR) is 60.9 cm³/mol. The minimum absolute atomic E-state index is 0.297. The average molecular weight is 240 g/mol. The van der Waals surface area contributed by atoms with Gasteiger partial charge in [-0.1, -0.05) is 6.42 Å². The summed E-state index contributed by atoms with van der Waals surface area (Å²) < 4.78 is 25.8. The van der Waals surface area contributed by atoms with Crippen LogP contribution in [0.5, 0.6) is 0 Å². The minimum Gasteiger partial charge on any atom is -0.269 e. The van der Waals surface area contributed by atoms with Gasteiger partial charge in [-0.15, -0.1) is 0 Å². The fourth-order valence-corrected chi connectivity index (χ4v) is 4.34. The van der Waals surface area contributed by atoms with E-state index in [0.29, 0.717) is 11.8 Å². The molecular formula is C11H16N2O2S. The number of hydrogen-bond acceptors (Lipinski definition) is 3. The van der Waals surface area contributed by atoms with Crippen molar-refractivity contribution in [3.63, 3.8) is 0 Å². The summed E-state index contributed by atoms with van der Waals surface area (Å²) in [7, 11) is -2.92. The van der Waals surface area contributed by atoms with Gasteiger partial charge in [-0.2, -0.15) is 5.10 Å². The molecule has 0 amide bonds. The maximum atomic E-state index is 11.9. The summed E-state index contributed by atoms with van der Waals surface area (Å²) in [5.74, 6) is 0.340. The molecule has 5 heteroatoms. The van der Waals surface area contributed by atoms with Crippen LogP contribution in [-0.4, -0.2) is 24.0 Å². The average Bonchev–Trinajstić information content (AvgIpc) is 2.98. The lowest BCUT2D eigenvalue weighted by atomic mass is 10.1. The number of sulfone groups is 1. The molecule has 1 saturated carbocycles. The van der Waals surface area contributed by atoms with Gasteiger partial charge in [0.2, 0.25) is 0 Å². The summed E-state index contributed by atoms with van der Waals surface area (Å²) in [6.45, 7) is 0. The Hall–Kier alpha value is -0.840. The highest BCUT2D eigenvalue weighted by molar-refractivity contribution is 7.91. The van der Waals surface area contributed by atoms with Crippen LogP contribution in [0.3, 0.4) is 0 Å². The second kappa shape index (κ2) is 3.58. The van der Waals surface area contributed by atoms with E-state index in [9.17, 15) is 8.42 Å². The van der Waals surface area contributed by atoms with Gasteiger partial charge in [0.25, 0.3) is 0 Å². The fourth-order valence-electron chi connectivity index (χ4n) is 2.39. The van der Waals surface area contributed by atoms with E-state index in [0.717, 1.165) is 24.8 Å². The van der Waals surface area contributed by atoms with E-state index < -0.39 is 9.84 Å². The van der Waals surface area contributed by atoms with Crippen LogP contribution in [0.15, 0.2) is 12.4 Å². The number of nitrogens with zero attached hydrogens (tertiary/aromatic N) is 2. The largest absolute Gasteiger partial charge is 0.269 e. The predicted octanol–water partition coefficient (Wildman–Crippen LogP) is 1.86. The number of aromatic nitrogens is 2. The molecule has 1 unspecified atom stereocenters. The minimum atomic E-state index is -2.92. The standard InChI is InChI=1S/C11H16N2O2S/c14-16(15)6-2-1-3-11(16)9-7-12-13(8-9)10-4-5-10/h7-8,10-11H,1-6H2. The van der Waals surface area contributed by atoms with Crippen LogP contribution < -0.4 is 0 Å². The van der Waals surface area contributed by atoms with Gasteiger partial charge < -0.3 is 0 Å². The Morgan fingerprint density at radius 1 is 1.25 bits per heavy atom. The lowest BCUT2D eigenvalue weighted by Crippen LogP contribution is -2.21. The molecule has 2 aliphatic rings. The molecule has 2 heterocycles. The van der Waals surface area contributed by atoms with Crippen molar-refractivity contribution in [2.45, 2.75) is 43.4 Å². The zero-order chi connectivity index (χ0) is 11.2. The zero-order valence-electron chi connectivity index (χ0n) is 9.17. The van der Waals surface area contributed by atoms with E-state index in [-0.39, 0.29) is 5.25 Å². The highest BCUT2D eigenvalue weighted by atomic mass is 32.2. The lowest BCUT2D eigenvalue weighted by molar-refractivity contribution is 0.545. The molecule has 0 radical (unpaired) electrons. The molecule has 0 aromatic carbocycles. The van der Waals surface area contributed by atoms with E-state index in [1.807, 2.05) is 10.9 Å². The normalized spacial score (nSPS) is 29.1. The second-order valence-electron chi connectivity index (χ2n) is 4.84. The maximum absolute atomic E-state index is 11.9. The molecule has 0 bridgehead atoms. The van der Waals surface area contributed by atoms with Crippen molar-refractivity contribution >= 4 is 9.84 Å². The molecule has 1 saturated heterocycles. The van der Waals surface area contributed by atoms with Gasteiger partial charge in [0.15, 0.2) is 9.84 Å². The molecule has 88 valence electrons. The Morgan fingerprint density at radius 2 is 2.06 bits per heavy atom. The quantitative estimate of drug-likeness (QED) is 0.792. The van der Waals surface area contributed by atoms with Gasteiger partial charge in [0.1, 0.15) is 0 Å². The van der Waals surface area contributed by atoms with Crippen molar-refractivity contribution in [1.82, 2.24) is 9.78 Å². The van der Waals surface area contributed by atoms with Crippen molar-refractivity contribution in [2.24, 2.45) is 0 Å². The van der Waals surface area contributed by atoms with Gasteiger partial charge >= 0.3 is 0 Å². The molecular weight excluding hydrogens is 224 g/mol. The van der Waals surface area contributed by atoms with Crippen LogP contribution in [0.4, 0.5) is 0 Å². The van der Waals surface area contributed by atoms with E-state index in [4.69, 9.17) is 0 Å². The van der Waals surface area contributed by atoms with Crippen molar-refractivity contribution < 1.29 is 8.42 Å². The SMILES string of the molecule is O=S1(=O)CCCCC1c1cnn(C2CC2)c1. The van der Waals surface area contributed by atoms with Gasteiger partial charge in [-0.05, 0) is 25.7 Å². The van der Waals surface area contributed by atoms with Crippen LogP contribution in [0.2, 0.25) is 0 Å². The van der Waals surface area contributed by atoms with Crippen LogP contribution in [0.1, 0.15) is 49.0 Å². The molecule has 1 aliphatic heterocycles. The topological polar surface area (TPSA) is 52.0 Å². The van der Waals surface area contributed by atoms with E-state index in [2.05, 4.69) is 5.10 Å². The highest BCUT2D eigenvalue weighted by Crippen LogP contribution is 2.37. The smallest absolute Gasteiger partial charge is 0.157 e. The first-order valence-corrected chi connectivity index (χ1v) is 7.64. The first-order chi connectivity index (χ1) is 7.67. The molecule has 1 aromatic rings. The molecule has 0 N–H and O–H groups in total. The first-order valence-electron chi connectivity index (χ1n) is 5.92. The Balaban J connectivity index is 1.89. The summed E-state index contributed by atoms with van der Waals surface area (Å²) in [6, 6.07) is 0.528. The van der Waals surface area contributed by atoms with E-state index >= 15 is 0 Å². The fraction of sp³-hybridized carbons (Fsp3) is 0.727. The Labute approximate surface area is 95.6 Å². The van der Waals surface area contributed by atoms with Gasteiger partial charge in [0.05, 0.1) is 23.2 Å². The molecule has 0 spiro atoms. The van der Waals surface area contributed by atoms with Crippen LogP contribution in [0, 0.1) is 0 Å². The van der Waals surface area contributed by atoms with Gasteiger partial charge in [-0.25, -0.2) is 8.42 Å². The third-order valence-electron chi connectivity index (χ3n) is 3.49. The lowest BCUT2D eigenvalue weighted by Gasteiger charge is -2.20. The molecule has 1 aromatic heterocycles.